The van der Waals surface area contributed by atoms with Crippen molar-refractivity contribution in [3.8, 4) is 11.5 Å². The van der Waals surface area contributed by atoms with E-state index in [2.05, 4.69) is 31.0 Å². The van der Waals surface area contributed by atoms with Crippen LogP contribution < -0.4 is 20.1 Å². The molecule has 0 saturated carbocycles. The van der Waals surface area contributed by atoms with Gasteiger partial charge in [-0.3, -0.25) is 4.79 Å². The largest absolute Gasteiger partial charge is 0.454 e. The molecule has 3 N–H and O–H groups in total. The van der Waals surface area contributed by atoms with E-state index in [9.17, 15) is 13.2 Å². The highest BCUT2D eigenvalue weighted by Gasteiger charge is 2.26. The van der Waals surface area contributed by atoms with E-state index < -0.39 is 10.0 Å². The second kappa shape index (κ2) is 14.0. The number of benzene rings is 2. The van der Waals surface area contributed by atoms with Gasteiger partial charge in [0.15, 0.2) is 5.75 Å². The van der Waals surface area contributed by atoms with Crippen LogP contribution in [0.4, 0.5) is 5.69 Å². The van der Waals surface area contributed by atoms with Gasteiger partial charge in [-0.2, -0.15) is 0 Å². The van der Waals surface area contributed by atoms with Crippen molar-refractivity contribution >= 4 is 21.6 Å². The van der Waals surface area contributed by atoms with Crippen LogP contribution in [0.3, 0.4) is 0 Å². The Balaban J connectivity index is 2.62. The first-order valence-corrected chi connectivity index (χ1v) is 13.8. The molecule has 0 aliphatic rings. The minimum Gasteiger partial charge on any atom is -0.454 e. The van der Waals surface area contributed by atoms with Gasteiger partial charge in [0.2, 0.25) is 10.0 Å². The minimum absolute atomic E-state index is 0.156. The topological polar surface area (TPSA) is 102 Å². The van der Waals surface area contributed by atoms with Crippen molar-refractivity contribution in [3.05, 3.63) is 48.0 Å². The molecule has 0 heterocycles. The average Bonchev–Trinajstić information content (AvgIpc) is 2.82. The summed E-state index contributed by atoms with van der Waals surface area (Å²) in [5.74, 6) is 0.333. The van der Waals surface area contributed by atoms with Gasteiger partial charge in [0, 0.05) is 25.2 Å². The van der Waals surface area contributed by atoms with E-state index in [1.807, 2.05) is 18.2 Å². The van der Waals surface area contributed by atoms with Crippen molar-refractivity contribution in [1.82, 2.24) is 5.32 Å². The summed E-state index contributed by atoms with van der Waals surface area (Å²) >= 11 is 0. The van der Waals surface area contributed by atoms with Gasteiger partial charge in [0.1, 0.15) is 10.6 Å². The first-order chi connectivity index (χ1) is 16.3. The number of sulfonamides is 1. The molecule has 0 saturated heterocycles. The second-order valence-electron chi connectivity index (χ2n) is 8.44. The number of nitrogens with zero attached hydrogens (tertiary/aromatic N) is 1. The smallest absolute Gasteiger partial charge is 0.251 e. The lowest BCUT2D eigenvalue weighted by Gasteiger charge is -2.28. The quantitative estimate of drug-likeness (QED) is 0.324. The van der Waals surface area contributed by atoms with E-state index >= 15 is 0 Å². The number of nitrogens with two attached hydrogens (primary N) is 1. The van der Waals surface area contributed by atoms with Crippen LogP contribution in [-0.2, 0) is 10.0 Å². The van der Waals surface area contributed by atoms with Crippen molar-refractivity contribution in [2.24, 2.45) is 5.14 Å². The fraction of sp³-hybridized carbons (Fsp3) is 0.500. The molecular weight excluding hydrogens is 450 g/mol. The van der Waals surface area contributed by atoms with Gasteiger partial charge < -0.3 is 15.0 Å². The molecular formula is C26H39N3O4S. The Morgan fingerprint density at radius 3 is 2.12 bits per heavy atom. The summed E-state index contributed by atoms with van der Waals surface area (Å²) in [6.07, 6.45) is 6.74. The normalized spacial score (nSPS) is 11.3. The standard InChI is InChI=1S/C26H39N3O4S/c1-4-7-13-16-28-26(30)21-19-23(29(17-8-5-2)18-9-6-3)25(24(20-21)34(27,31)32)33-22-14-11-10-12-15-22/h10-12,14-15,19-20H,4-9,13,16-18H2,1-3H3,(H,28,30)(H2,27,31,32). The SMILES string of the molecule is CCCCCNC(=O)c1cc(N(CCCC)CCCC)c(Oc2ccccc2)c(S(N)(=O)=O)c1. The van der Waals surface area contributed by atoms with Crippen molar-refractivity contribution in [2.45, 2.75) is 70.6 Å². The molecule has 2 aromatic carbocycles. The molecule has 34 heavy (non-hydrogen) atoms. The molecule has 1 amide bonds. The Hall–Kier alpha value is -2.58. The predicted molar refractivity (Wildman–Crippen MR) is 138 cm³/mol. The maximum absolute atomic E-state index is 13.0. The van der Waals surface area contributed by atoms with Crippen LogP contribution in [0.15, 0.2) is 47.4 Å². The van der Waals surface area contributed by atoms with Crippen molar-refractivity contribution in [3.63, 3.8) is 0 Å². The van der Waals surface area contributed by atoms with Gasteiger partial charge in [0.25, 0.3) is 5.91 Å². The number of nitrogens with one attached hydrogen (secondary N) is 1. The molecule has 0 atom stereocenters. The molecule has 0 aliphatic heterocycles. The van der Waals surface area contributed by atoms with E-state index in [4.69, 9.17) is 9.88 Å². The minimum atomic E-state index is -4.17. The van der Waals surface area contributed by atoms with E-state index in [-0.39, 0.29) is 22.1 Å². The molecule has 0 unspecified atom stereocenters. The number of rotatable bonds is 15. The van der Waals surface area contributed by atoms with Gasteiger partial charge in [-0.25, -0.2) is 13.6 Å². The van der Waals surface area contributed by atoms with Crippen LogP contribution in [0.1, 0.15) is 76.1 Å². The third-order valence-electron chi connectivity index (χ3n) is 5.54. The number of hydrogen-bond acceptors (Lipinski definition) is 5. The maximum Gasteiger partial charge on any atom is 0.251 e. The highest BCUT2D eigenvalue weighted by Crippen LogP contribution is 2.39. The molecule has 0 aromatic heterocycles. The summed E-state index contributed by atoms with van der Waals surface area (Å²) in [5.41, 5.74) is 0.824. The van der Waals surface area contributed by atoms with Crippen LogP contribution in [0.5, 0.6) is 11.5 Å². The number of amides is 1. The monoisotopic (exact) mass is 489 g/mol. The number of ether oxygens (including phenoxy) is 1. The number of unbranched alkanes of at least 4 members (excludes halogenated alkanes) is 4. The number of primary sulfonamides is 1. The molecule has 2 rings (SSSR count). The van der Waals surface area contributed by atoms with Crippen LogP contribution in [0.2, 0.25) is 0 Å². The van der Waals surface area contributed by atoms with Gasteiger partial charge in [-0.1, -0.05) is 64.7 Å². The molecule has 0 fully saturated rings. The van der Waals surface area contributed by atoms with E-state index in [0.717, 1.165) is 44.9 Å². The van der Waals surface area contributed by atoms with Crippen molar-refractivity contribution in [2.75, 3.05) is 24.5 Å². The lowest BCUT2D eigenvalue weighted by atomic mass is 10.1. The van der Waals surface area contributed by atoms with Crippen molar-refractivity contribution in [1.29, 1.82) is 0 Å². The van der Waals surface area contributed by atoms with Crippen molar-refractivity contribution < 1.29 is 17.9 Å². The van der Waals surface area contributed by atoms with E-state index in [1.54, 1.807) is 18.2 Å². The fourth-order valence-electron chi connectivity index (χ4n) is 3.60. The highest BCUT2D eigenvalue weighted by molar-refractivity contribution is 7.89. The Labute approximate surface area is 204 Å². The zero-order chi connectivity index (χ0) is 25.0. The number of carbonyl (C=O) groups is 1. The summed E-state index contributed by atoms with van der Waals surface area (Å²) in [6, 6.07) is 12.1. The number of carbonyl (C=O) groups excluding carboxylic acids is 1. The zero-order valence-corrected chi connectivity index (χ0v) is 21.5. The molecule has 8 heteroatoms. The van der Waals surface area contributed by atoms with E-state index in [0.29, 0.717) is 31.1 Å². The summed E-state index contributed by atoms with van der Waals surface area (Å²) < 4.78 is 31.5. The Morgan fingerprint density at radius 1 is 0.941 bits per heavy atom. The van der Waals surface area contributed by atoms with Crippen LogP contribution in [0.25, 0.3) is 0 Å². The highest BCUT2D eigenvalue weighted by atomic mass is 32.2. The molecule has 188 valence electrons. The van der Waals surface area contributed by atoms with Crippen LogP contribution >= 0.6 is 0 Å². The second-order valence-corrected chi connectivity index (χ2v) is 9.97. The first kappa shape index (κ1) is 27.7. The van der Waals surface area contributed by atoms with Crippen LogP contribution in [-0.4, -0.2) is 34.0 Å². The zero-order valence-electron chi connectivity index (χ0n) is 20.7. The third-order valence-corrected chi connectivity index (χ3v) is 6.45. The van der Waals surface area contributed by atoms with Crippen LogP contribution in [0, 0.1) is 0 Å². The fourth-order valence-corrected chi connectivity index (χ4v) is 4.30. The summed E-state index contributed by atoms with van der Waals surface area (Å²) in [7, 11) is -4.17. The molecule has 0 bridgehead atoms. The summed E-state index contributed by atoms with van der Waals surface area (Å²) in [6.45, 7) is 8.27. The lowest BCUT2D eigenvalue weighted by Crippen LogP contribution is -2.29. The number of hydrogen-bond donors (Lipinski definition) is 2. The lowest BCUT2D eigenvalue weighted by molar-refractivity contribution is 0.0952. The summed E-state index contributed by atoms with van der Waals surface area (Å²) in [4.78, 5) is 14.9. The summed E-state index contributed by atoms with van der Waals surface area (Å²) in [5, 5.41) is 8.53. The molecule has 0 radical (unpaired) electrons. The first-order valence-electron chi connectivity index (χ1n) is 12.3. The number of anilines is 1. The molecule has 0 aliphatic carbocycles. The maximum atomic E-state index is 13.0. The number of para-hydroxylation sites is 1. The predicted octanol–water partition coefficient (Wildman–Crippen LogP) is 5.45. The van der Waals surface area contributed by atoms with Gasteiger partial charge in [0.05, 0.1) is 5.69 Å². The van der Waals surface area contributed by atoms with Gasteiger partial charge >= 0.3 is 0 Å². The molecule has 0 spiro atoms. The van der Waals surface area contributed by atoms with E-state index in [1.165, 1.54) is 6.07 Å². The Bertz CT molecular complexity index is 1000. The molecule has 7 nitrogen and oxygen atoms in total. The third kappa shape index (κ3) is 8.33. The Kier molecular flexibility index (Phi) is 11.4. The van der Waals surface area contributed by atoms with Gasteiger partial charge in [-0.05, 0) is 43.5 Å². The average molecular weight is 490 g/mol. The molecule has 2 aromatic rings. The Morgan fingerprint density at radius 2 is 1.56 bits per heavy atom. The van der Waals surface area contributed by atoms with Gasteiger partial charge in [-0.15, -0.1) is 0 Å².